The minimum absolute atomic E-state index is 0.233. The lowest BCUT2D eigenvalue weighted by atomic mass is 10.1. The Morgan fingerprint density at radius 3 is 2.16 bits per heavy atom. The van der Waals surface area contributed by atoms with Crippen LogP contribution < -0.4 is 4.74 Å². The second-order valence-corrected chi connectivity index (χ2v) is 7.33. The minimum Gasteiger partial charge on any atom is -0.491 e. The maximum Gasteiger partial charge on any atom is 0.233 e. The number of aliphatic hydroxyl groups is 1. The number of rotatable bonds is 13. The summed E-state index contributed by atoms with van der Waals surface area (Å²) in [5.41, 5.74) is 2.55. The standard InChI is InChI=1S/C25H27NO6/c27-25(15-26(28)29)22-12-7-13-23(14-22)32-19-24(31-17-21-10-5-2-6-11-21)18-30-16-20-8-3-1-4-9-20/h1-14,24-25,27H,15-19H2/t24-,25-/m1/s1. The molecule has 0 aliphatic heterocycles. The Morgan fingerprint density at radius 2 is 1.50 bits per heavy atom. The van der Waals surface area contributed by atoms with Crippen molar-refractivity contribution >= 4 is 0 Å². The van der Waals surface area contributed by atoms with Gasteiger partial charge in [0.15, 0.2) is 0 Å². The molecule has 0 fully saturated rings. The quantitative estimate of drug-likeness (QED) is 0.319. The summed E-state index contributed by atoms with van der Waals surface area (Å²) in [7, 11) is 0. The van der Waals surface area contributed by atoms with Crippen LogP contribution in [0.1, 0.15) is 22.8 Å². The molecule has 32 heavy (non-hydrogen) atoms. The van der Waals surface area contributed by atoms with E-state index in [0.29, 0.717) is 31.1 Å². The fourth-order valence-electron chi connectivity index (χ4n) is 3.06. The van der Waals surface area contributed by atoms with Crippen LogP contribution in [0.3, 0.4) is 0 Å². The first-order chi connectivity index (χ1) is 15.6. The molecular weight excluding hydrogens is 410 g/mol. The summed E-state index contributed by atoms with van der Waals surface area (Å²) in [6.07, 6.45) is -1.51. The minimum atomic E-state index is -1.19. The van der Waals surface area contributed by atoms with Gasteiger partial charge in [0.1, 0.15) is 24.6 Å². The van der Waals surface area contributed by atoms with E-state index >= 15 is 0 Å². The summed E-state index contributed by atoms with van der Waals surface area (Å²) in [4.78, 5) is 10.1. The Balaban J connectivity index is 1.57. The maximum absolute atomic E-state index is 10.7. The molecule has 0 unspecified atom stereocenters. The van der Waals surface area contributed by atoms with Crippen molar-refractivity contribution in [1.82, 2.24) is 0 Å². The van der Waals surface area contributed by atoms with E-state index < -0.39 is 17.6 Å². The Bertz CT molecular complexity index is 951. The van der Waals surface area contributed by atoms with E-state index in [4.69, 9.17) is 14.2 Å². The van der Waals surface area contributed by atoms with Gasteiger partial charge in [0, 0.05) is 4.92 Å². The van der Waals surface area contributed by atoms with Crippen LogP contribution in [0.5, 0.6) is 5.75 Å². The molecular formula is C25H27NO6. The Hall–Kier alpha value is -3.26. The number of aliphatic hydroxyl groups excluding tert-OH is 1. The monoisotopic (exact) mass is 437 g/mol. The first-order valence-corrected chi connectivity index (χ1v) is 10.4. The van der Waals surface area contributed by atoms with Gasteiger partial charge >= 0.3 is 0 Å². The average molecular weight is 437 g/mol. The lowest BCUT2D eigenvalue weighted by Crippen LogP contribution is -2.27. The topological polar surface area (TPSA) is 91.1 Å². The maximum atomic E-state index is 10.7. The molecule has 0 bridgehead atoms. The van der Waals surface area contributed by atoms with Gasteiger partial charge in [0.2, 0.25) is 6.54 Å². The second kappa shape index (κ2) is 12.6. The van der Waals surface area contributed by atoms with Crippen LogP contribution >= 0.6 is 0 Å². The third-order valence-corrected chi connectivity index (χ3v) is 4.74. The molecule has 3 rings (SSSR count). The molecule has 0 radical (unpaired) electrons. The number of ether oxygens (including phenoxy) is 3. The number of hydrogen-bond acceptors (Lipinski definition) is 6. The van der Waals surface area contributed by atoms with E-state index in [1.165, 1.54) is 0 Å². The second-order valence-electron chi connectivity index (χ2n) is 7.33. The predicted molar refractivity (Wildman–Crippen MR) is 120 cm³/mol. The van der Waals surface area contributed by atoms with Crippen molar-refractivity contribution in [3.8, 4) is 5.75 Å². The van der Waals surface area contributed by atoms with Crippen molar-refractivity contribution in [2.75, 3.05) is 19.8 Å². The zero-order valence-corrected chi connectivity index (χ0v) is 17.7. The molecule has 0 heterocycles. The van der Waals surface area contributed by atoms with Crippen LogP contribution in [0.15, 0.2) is 84.9 Å². The van der Waals surface area contributed by atoms with Crippen molar-refractivity contribution in [2.24, 2.45) is 0 Å². The van der Waals surface area contributed by atoms with Crippen LogP contribution in [-0.2, 0) is 22.7 Å². The van der Waals surface area contributed by atoms with E-state index in [2.05, 4.69) is 0 Å². The lowest BCUT2D eigenvalue weighted by Gasteiger charge is -2.19. The van der Waals surface area contributed by atoms with Crippen LogP contribution in [0.25, 0.3) is 0 Å². The van der Waals surface area contributed by atoms with E-state index in [0.717, 1.165) is 11.1 Å². The summed E-state index contributed by atoms with van der Waals surface area (Å²) in [6, 6.07) is 26.4. The van der Waals surface area contributed by atoms with E-state index in [1.807, 2.05) is 60.7 Å². The van der Waals surface area contributed by atoms with Gasteiger partial charge in [-0.15, -0.1) is 0 Å². The molecule has 0 saturated heterocycles. The first-order valence-electron chi connectivity index (χ1n) is 10.4. The highest BCUT2D eigenvalue weighted by atomic mass is 16.6. The molecule has 0 spiro atoms. The van der Waals surface area contributed by atoms with Gasteiger partial charge in [-0.1, -0.05) is 72.8 Å². The molecule has 0 saturated carbocycles. The molecule has 0 aromatic heterocycles. The fraction of sp³-hybridized carbons (Fsp3) is 0.280. The fourth-order valence-corrected chi connectivity index (χ4v) is 3.06. The van der Waals surface area contributed by atoms with Crippen molar-refractivity contribution in [1.29, 1.82) is 0 Å². The van der Waals surface area contributed by atoms with Crippen LogP contribution in [0.2, 0.25) is 0 Å². The highest BCUT2D eigenvalue weighted by Crippen LogP contribution is 2.20. The summed E-state index contributed by atoms with van der Waals surface area (Å²) in [6.45, 7) is 0.904. The molecule has 0 aliphatic carbocycles. The van der Waals surface area contributed by atoms with E-state index in [9.17, 15) is 15.2 Å². The zero-order valence-electron chi connectivity index (χ0n) is 17.7. The molecule has 7 heteroatoms. The van der Waals surface area contributed by atoms with Crippen LogP contribution in [0.4, 0.5) is 0 Å². The highest BCUT2D eigenvalue weighted by Gasteiger charge is 2.16. The first kappa shape index (κ1) is 23.4. The molecule has 3 aromatic rings. The van der Waals surface area contributed by atoms with Gasteiger partial charge in [-0.2, -0.15) is 0 Å². The van der Waals surface area contributed by atoms with Crippen molar-refractivity contribution in [3.05, 3.63) is 112 Å². The van der Waals surface area contributed by atoms with Crippen molar-refractivity contribution < 1.29 is 24.2 Å². The van der Waals surface area contributed by atoms with Gasteiger partial charge < -0.3 is 19.3 Å². The summed E-state index contributed by atoms with van der Waals surface area (Å²) >= 11 is 0. The van der Waals surface area contributed by atoms with Crippen LogP contribution in [-0.4, -0.2) is 35.9 Å². The normalized spacial score (nSPS) is 12.8. The van der Waals surface area contributed by atoms with E-state index in [-0.39, 0.29) is 12.7 Å². The van der Waals surface area contributed by atoms with E-state index in [1.54, 1.807) is 24.3 Å². The van der Waals surface area contributed by atoms with Gasteiger partial charge in [-0.05, 0) is 28.8 Å². The van der Waals surface area contributed by atoms with Gasteiger partial charge in [-0.25, -0.2) is 0 Å². The molecule has 2 atom stereocenters. The molecule has 1 N–H and O–H groups in total. The third kappa shape index (κ3) is 8.11. The Morgan fingerprint density at radius 1 is 0.844 bits per heavy atom. The van der Waals surface area contributed by atoms with Gasteiger partial charge in [0.25, 0.3) is 0 Å². The molecule has 0 amide bonds. The average Bonchev–Trinajstić information content (AvgIpc) is 2.81. The summed E-state index contributed by atoms with van der Waals surface area (Å²) in [5.74, 6) is 0.501. The number of benzene rings is 3. The largest absolute Gasteiger partial charge is 0.491 e. The molecule has 7 nitrogen and oxygen atoms in total. The SMILES string of the molecule is O=[N+]([O-])C[C@@H](O)c1cccc(OC[C@@H](COCc2ccccc2)OCc2ccccc2)c1. The molecule has 0 aliphatic rings. The Kier molecular flexibility index (Phi) is 9.19. The zero-order chi connectivity index (χ0) is 22.6. The van der Waals surface area contributed by atoms with Gasteiger partial charge in [0.05, 0.1) is 19.8 Å². The molecule has 3 aromatic carbocycles. The number of nitrogens with zero attached hydrogens (tertiary/aromatic N) is 1. The number of hydrogen-bond donors (Lipinski definition) is 1. The summed E-state index contributed by atoms with van der Waals surface area (Å²) < 4.78 is 17.7. The number of nitro groups is 1. The van der Waals surface area contributed by atoms with Crippen LogP contribution in [0, 0.1) is 10.1 Å². The van der Waals surface area contributed by atoms with Gasteiger partial charge in [-0.3, -0.25) is 10.1 Å². The smallest absolute Gasteiger partial charge is 0.233 e. The van der Waals surface area contributed by atoms with Crippen molar-refractivity contribution in [3.63, 3.8) is 0 Å². The molecule has 168 valence electrons. The lowest BCUT2D eigenvalue weighted by molar-refractivity contribution is -0.491. The van der Waals surface area contributed by atoms with Crippen molar-refractivity contribution in [2.45, 2.75) is 25.4 Å². The summed E-state index contributed by atoms with van der Waals surface area (Å²) in [5, 5.41) is 20.6. The highest BCUT2D eigenvalue weighted by molar-refractivity contribution is 5.30. The third-order valence-electron chi connectivity index (χ3n) is 4.74. The Labute approximate surface area is 187 Å². The predicted octanol–water partition coefficient (Wildman–Crippen LogP) is 4.18.